The van der Waals surface area contributed by atoms with E-state index in [1.165, 1.54) is 0 Å². The van der Waals surface area contributed by atoms with Crippen LogP contribution in [0.1, 0.15) is 29.9 Å². The van der Waals surface area contributed by atoms with E-state index in [2.05, 4.69) is 16.4 Å². The van der Waals surface area contributed by atoms with Crippen molar-refractivity contribution >= 4 is 5.82 Å². The molecule has 122 valence electrons. The summed E-state index contributed by atoms with van der Waals surface area (Å²) in [6.07, 6.45) is 2.00. The molecule has 1 saturated heterocycles. The summed E-state index contributed by atoms with van der Waals surface area (Å²) in [5.74, 6) is 2.07. The number of fused-ring (bicyclic) bond motifs is 1. The summed E-state index contributed by atoms with van der Waals surface area (Å²) in [5.41, 5.74) is 9.26. The van der Waals surface area contributed by atoms with Crippen LogP contribution in [0.5, 0.6) is 11.5 Å². The molecule has 0 atom stereocenters. The third-order valence-electron chi connectivity index (χ3n) is 4.64. The molecule has 0 amide bonds. The Labute approximate surface area is 140 Å². The van der Waals surface area contributed by atoms with Crippen molar-refractivity contribution in [3.63, 3.8) is 0 Å². The molecular weight excluding hydrogens is 304 g/mol. The summed E-state index contributed by atoms with van der Waals surface area (Å²) in [7, 11) is 0. The number of ether oxygens (including phenoxy) is 2. The average Bonchev–Trinajstić information content (AvgIpc) is 3.09. The number of hydrogen-bond donors (Lipinski definition) is 2. The van der Waals surface area contributed by atoms with E-state index in [0.717, 1.165) is 48.5 Å². The van der Waals surface area contributed by atoms with Gasteiger partial charge >= 0.3 is 0 Å². The van der Waals surface area contributed by atoms with Crippen molar-refractivity contribution in [3.05, 3.63) is 35.4 Å². The van der Waals surface area contributed by atoms with Crippen molar-refractivity contribution in [1.82, 2.24) is 10.3 Å². The maximum Gasteiger partial charge on any atom is 0.231 e. The van der Waals surface area contributed by atoms with Crippen LogP contribution in [0.25, 0.3) is 11.3 Å². The van der Waals surface area contributed by atoms with Crippen molar-refractivity contribution in [2.24, 2.45) is 0 Å². The number of aromatic nitrogens is 1. The Kier molecular flexibility index (Phi) is 3.71. The second kappa shape index (κ2) is 6.02. The van der Waals surface area contributed by atoms with E-state index in [1.54, 1.807) is 0 Å². The number of nitrogens with one attached hydrogen (secondary N) is 1. The van der Waals surface area contributed by atoms with Crippen LogP contribution in [-0.4, -0.2) is 24.9 Å². The number of pyridine rings is 1. The third-order valence-corrected chi connectivity index (χ3v) is 4.64. The smallest absolute Gasteiger partial charge is 0.231 e. The number of rotatable bonds is 2. The van der Waals surface area contributed by atoms with Crippen molar-refractivity contribution < 1.29 is 9.47 Å². The molecule has 0 spiro atoms. The molecule has 1 aromatic carbocycles. The SMILES string of the molecule is N#Cc1c(C2CCNCC2)cc(-c2ccc3c(c2)OCO3)nc1N. The second-order valence-corrected chi connectivity index (χ2v) is 6.06. The Morgan fingerprint density at radius 3 is 2.75 bits per heavy atom. The van der Waals surface area contributed by atoms with E-state index in [0.29, 0.717) is 23.0 Å². The highest BCUT2D eigenvalue weighted by molar-refractivity contribution is 5.69. The summed E-state index contributed by atoms with van der Waals surface area (Å²) < 4.78 is 10.8. The number of benzene rings is 1. The highest BCUT2D eigenvalue weighted by Crippen LogP contribution is 2.38. The van der Waals surface area contributed by atoms with E-state index in [1.807, 2.05) is 24.3 Å². The maximum absolute atomic E-state index is 9.50. The lowest BCUT2D eigenvalue weighted by Crippen LogP contribution is -2.27. The summed E-state index contributed by atoms with van der Waals surface area (Å²) in [5, 5.41) is 12.8. The molecule has 3 N–H and O–H groups in total. The van der Waals surface area contributed by atoms with Gasteiger partial charge in [-0.1, -0.05) is 0 Å². The highest BCUT2D eigenvalue weighted by atomic mass is 16.7. The lowest BCUT2D eigenvalue weighted by Gasteiger charge is -2.24. The Morgan fingerprint density at radius 1 is 1.17 bits per heavy atom. The van der Waals surface area contributed by atoms with Crippen LogP contribution in [0.4, 0.5) is 5.82 Å². The van der Waals surface area contributed by atoms with Crippen LogP contribution in [0.3, 0.4) is 0 Å². The first-order chi connectivity index (χ1) is 11.8. The first-order valence-electron chi connectivity index (χ1n) is 8.07. The quantitative estimate of drug-likeness (QED) is 0.882. The lowest BCUT2D eigenvalue weighted by atomic mass is 9.87. The monoisotopic (exact) mass is 322 g/mol. The molecule has 1 fully saturated rings. The fourth-order valence-electron chi connectivity index (χ4n) is 3.37. The van der Waals surface area contributed by atoms with Gasteiger partial charge in [0.1, 0.15) is 11.9 Å². The number of nitrogen functional groups attached to an aromatic ring is 1. The summed E-state index contributed by atoms with van der Waals surface area (Å²) in [6, 6.07) is 9.95. The van der Waals surface area contributed by atoms with E-state index >= 15 is 0 Å². The largest absolute Gasteiger partial charge is 0.454 e. The van der Waals surface area contributed by atoms with Gasteiger partial charge in [0.2, 0.25) is 6.79 Å². The second-order valence-electron chi connectivity index (χ2n) is 6.06. The molecular formula is C18H18N4O2. The maximum atomic E-state index is 9.50. The molecule has 2 aliphatic heterocycles. The minimum atomic E-state index is 0.238. The zero-order valence-corrected chi connectivity index (χ0v) is 13.2. The van der Waals surface area contributed by atoms with Gasteiger partial charge in [-0.25, -0.2) is 4.98 Å². The molecule has 3 heterocycles. The van der Waals surface area contributed by atoms with E-state index in [4.69, 9.17) is 15.2 Å². The fourth-order valence-corrected chi connectivity index (χ4v) is 3.37. The predicted molar refractivity (Wildman–Crippen MR) is 89.8 cm³/mol. The van der Waals surface area contributed by atoms with Crippen LogP contribution >= 0.6 is 0 Å². The van der Waals surface area contributed by atoms with Gasteiger partial charge < -0.3 is 20.5 Å². The van der Waals surface area contributed by atoms with Crippen molar-refractivity contribution in [2.75, 3.05) is 25.6 Å². The molecule has 2 aliphatic rings. The van der Waals surface area contributed by atoms with Crippen LogP contribution < -0.4 is 20.5 Å². The Hall–Kier alpha value is -2.78. The molecule has 2 aromatic rings. The average molecular weight is 322 g/mol. The normalized spacial score (nSPS) is 16.8. The molecule has 0 aliphatic carbocycles. The number of nitriles is 1. The summed E-state index contributed by atoms with van der Waals surface area (Å²) in [4.78, 5) is 4.44. The number of nitrogens with zero attached hydrogens (tertiary/aromatic N) is 2. The number of nitrogens with two attached hydrogens (primary N) is 1. The third kappa shape index (κ3) is 2.53. The Morgan fingerprint density at radius 2 is 1.96 bits per heavy atom. The molecule has 0 radical (unpaired) electrons. The van der Waals surface area contributed by atoms with Gasteiger partial charge in [0.15, 0.2) is 11.5 Å². The fraction of sp³-hybridized carbons (Fsp3) is 0.333. The van der Waals surface area contributed by atoms with Gasteiger partial charge in [0.25, 0.3) is 0 Å². The van der Waals surface area contributed by atoms with Crippen LogP contribution in [-0.2, 0) is 0 Å². The van der Waals surface area contributed by atoms with E-state index in [9.17, 15) is 5.26 Å². The van der Waals surface area contributed by atoms with Gasteiger partial charge in [-0.3, -0.25) is 0 Å². The zero-order valence-electron chi connectivity index (χ0n) is 13.2. The van der Waals surface area contributed by atoms with Gasteiger partial charge in [-0.2, -0.15) is 5.26 Å². The summed E-state index contributed by atoms with van der Waals surface area (Å²) in [6.45, 7) is 2.15. The van der Waals surface area contributed by atoms with Gasteiger partial charge in [0.05, 0.1) is 11.3 Å². The minimum Gasteiger partial charge on any atom is -0.454 e. The van der Waals surface area contributed by atoms with Crippen molar-refractivity contribution in [1.29, 1.82) is 5.26 Å². The van der Waals surface area contributed by atoms with Crippen molar-refractivity contribution in [3.8, 4) is 28.8 Å². The van der Waals surface area contributed by atoms with Gasteiger partial charge in [-0.05, 0) is 61.7 Å². The molecule has 6 heteroatoms. The standard InChI is InChI=1S/C18H18N4O2/c19-9-14-13(11-3-5-21-6-4-11)8-15(22-18(14)20)12-1-2-16-17(7-12)24-10-23-16/h1-2,7-8,11,21H,3-6,10H2,(H2,20,22). The number of anilines is 1. The van der Waals surface area contributed by atoms with Crippen LogP contribution in [0.15, 0.2) is 24.3 Å². The zero-order chi connectivity index (χ0) is 16.5. The van der Waals surface area contributed by atoms with Crippen molar-refractivity contribution in [2.45, 2.75) is 18.8 Å². The molecule has 0 saturated carbocycles. The molecule has 24 heavy (non-hydrogen) atoms. The topological polar surface area (TPSA) is 93.2 Å². The van der Waals surface area contributed by atoms with E-state index < -0.39 is 0 Å². The van der Waals surface area contributed by atoms with E-state index in [-0.39, 0.29) is 6.79 Å². The molecule has 0 bridgehead atoms. The first kappa shape index (κ1) is 14.8. The van der Waals surface area contributed by atoms with Gasteiger partial charge in [-0.15, -0.1) is 0 Å². The first-order valence-corrected chi connectivity index (χ1v) is 8.07. The minimum absolute atomic E-state index is 0.238. The highest BCUT2D eigenvalue weighted by Gasteiger charge is 2.22. The Balaban J connectivity index is 1.79. The van der Waals surface area contributed by atoms with Gasteiger partial charge in [0, 0.05) is 5.56 Å². The van der Waals surface area contributed by atoms with Crippen LogP contribution in [0.2, 0.25) is 0 Å². The molecule has 6 nitrogen and oxygen atoms in total. The molecule has 4 rings (SSSR count). The van der Waals surface area contributed by atoms with Crippen LogP contribution in [0, 0.1) is 11.3 Å². The molecule has 0 unspecified atom stereocenters. The Bertz CT molecular complexity index is 822. The lowest BCUT2D eigenvalue weighted by molar-refractivity contribution is 0.174. The predicted octanol–water partition coefficient (Wildman–Crippen LogP) is 2.40. The molecule has 1 aromatic heterocycles. The number of hydrogen-bond acceptors (Lipinski definition) is 6. The number of piperidine rings is 1. The summed E-state index contributed by atoms with van der Waals surface area (Å²) >= 11 is 0.